The van der Waals surface area contributed by atoms with E-state index in [0.29, 0.717) is 10.9 Å². The first-order valence-electron chi connectivity index (χ1n) is 7.24. The maximum Gasteiger partial charge on any atom is 0.294 e. The standard InChI is InChI=1S/C17H13F2NO3S/c1-2-12(21)14-15(13-4-3-7-24-13)20(17(23)16(14)22)11-6-5-9(18)8-10(11)19/h3-8,15,22H,2H2,1H3. The van der Waals surface area contributed by atoms with Gasteiger partial charge in [-0.15, -0.1) is 11.3 Å². The SMILES string of the molecule is CCC(=O)C1=C(O)C(=O)N(c2ccc(F)cc2F)C1c1cccs1. The summed E-state index contributed by atoms with van der Waals surface area (Å²) in [6, 6.07) is 5.30. The molecule has 1 aliphatic heterocycles. The van der Waals surface area contributed by atoms with Crippen molar-refractivity contribution in [3.8, 4) is 0 Å². The molecule has 1 amide bonds. The van der Waals surface area contributed by atoms with E-state index in [4.69, 9.17) is 0 Å². The van der Waals surface area contributed by atoms with Crippen molar-refractivity contribution >= 4 is 28.7 Å². The lowest BCUT2D eigenvalue weighted by molar-refractivity contribution is -0.118. The van der Waals surface area contributed by atoms with E-state index in [1.165, 1.54) is 11.3 Å². The minimum absolute atomic E-state index is 0.0614. The van der Waals surface area contributed by atoms with Crippen LogP contribution in [0.3, 0.4) is 0 Å². The third-order valence-corrected chi connectivity index (χ3v) is 4.74. The minimum atomic E-state index is -0.942. The van der Waals surface area contributed by atoms with E-state index in [1.807, 2.05) is 0 Å². The Morgan fingerprint density at radius 2 is 2.08 bits per heavy atom. The number of hydrogen-bond acceptors (Lipinski definition) is 4. The van der Waals surface area contributed by atoms with E-state index in [9.17, 15) is 23.5 Å². The first-order valence-corrected chi connectivity index (χ1v) is 8.12. The summed E-state index contributed by atoms with van der Waals surface area (Å²) in [5.41, 5.74) is -0.251. The molecular weight excluding hydrogens is 336 g/mol. The second-order valence-electron chi connectivity index (χ2n) is 5.23. The number of aliphatic hydroxyl groups excluding tert-OH is 1. The van der Waals surface area contributed by atoms with Crippen LogP contribution in [0.2, 0.25) is 0 Å². The lowest BCUT2D eigenvalue weighted by atomic mass is 10.00. The second kappa shape index (κ2) is 6.16. The lowest BCUT2D eigenvalue weighted by Gasteiger charge is -2.26. The summed E-state index contributed by atoms with van der Waals surface area (Å²) in [7, 11) is 0. The third kappa shape index (κ3) is 2.50. The number of aliphatic hydroxyl groups is 1. The molecular formula is C17H13F2NO3S. The molecule has 1 aliphatic rings. The molecule has 0 spiro atoms. The molecule has 1 aromatic carbocycles. The molecule has 1 unspecified atom stereocenters. The van der Waals surface area contributed by atoms with Crippen molar-refractivity contribution in [1.29, 1.82) is 0 Å². The smallest absolute Gasteiger partial charge is 0.294 e. The summed E-state index contributed by atoms with van der Waals surface area (Å²) in [5, 5.41) is 11.9. The summed E-state index contributed by atoms with van der Waals surface area (Å²) in [6.45, 7) is 1.61. The van der Waals surface area contributed by atoms with Crippen LogP contribution in [0, 0.1) is 11.6 Å². The van der Waals surface area contributed by atoms with Gasteiger partial charge >= 0.3 is 0 Å². The first-order chi connectivity index (χ1) is 11.5. The number of carbonyl (C=O) groups is 2. The van der Waals surface area contributed by atoms with Crippen LogP contribution in [0.5, 0.6) is 0 Å². The number of ketones is 1. The van der Waals surface area contributed by atoms with Crippen molar-refractivity contribution in [2.45, 2.75) is 19.4 Å². The number of amides is 1. The van der Waals surface area contributed by atoms with Gasteiger partial charge in [-0.25, -0.2) is 8.78 Å². The third-order valence-electron chi connectivity index (χ3n) is 3.81. The predicted octanol–water partition coefficient (Wildman–Crippen LogP) is 3.91. The minimum Gasteiger partial charge on any atom is -0.503 e. The molecule has 1 atom stereocenters. The number of nitrogens with zero attached hydrogens (tertiary/aromatic N) is 1. The predicted molar refractivity (Wildman–Crippen MR) is 85.9 cm³/mol. The number of carbonyl (C=O) groups excluding carboxylic acids is 2. The molecule has 2 aromatic rings. The van der Waals surface area contributed by atoms with Crippen LogP contribution in [0.4, 0.5) is 14.5 Å². The number of thiophene rings is 1. The van der Waals surface area contributed by atoms with Gasteiger partial charge in [0.15, 0.2) is 11.5 Å². The number of benzene rings is 1. The molecule has 1 aromatic heterocycles. The first kappa shape index (κ1) is 16.3. The molecule has 1 N–H and O–H groups in total. The van der Waals surface area contributed by atoms with Crippen LogP contribution in [0.15, 0.2) is 47.0 Å². The molecule has 0 saturated heterocycles. The number of halogens is 2. The number of rotatable bonds is 4. The van der Waals surface area contributed by atoms with Crippen molar-refractivity contribution < 1.29 is 23.5 Å². The van der Waals surface area contributed by atoms with E-state index in [0.717, 1.165) is 17.0 Å². The largest absolute Gasteiger partial charge is 0.503 e. The van der Waals surface area contributed by atoms with Gasteiger partial charge in [-0.3, -0.25) is 14.5 Å². The Morgan fingerprint density at radius 1 is 1.33 bits per heavy atom. The summed E-state index contributed by atoms with van der Waals surface area (Å²) in [5.74, 6) is -3.69. The molecule has 124 valence electrons. The molecule has 24 heavy (non-hydrogen) atoms. The van der Waals surface area contributed by atoms with Crippen molar-refractivity contribution in [2.24, 2.45) is 0 Å². The Hall–Kier alpha value is -2.54. The van der Waals surface area contributed by atoms with Crippen LogP contribution in [0.1, 0.15) is 24.3 Å². The Labute approximate surface area is 140 Å². The van der Waals surface area contributed by atoms with Crippen molar-refractivity contribution in [2.75, 3.05) is 4.90 Å². The zero-order chi connectivity index (χ0) is 17.4. The summed E-state index contributed by atoms with van der Waals surface area (Å²) in [4.78, 5) is 26.3. The molecule has 0 saturated carbocycles. The van der Waals surface area contributed by atoms with Crippen LogP contribution in [0.25, 0.3) is 0 Å². The molecule has 7 heteroatoms. The average molecular weight is 349 g/mol. The molecule has 2 heterocycles. The Balaban J connectivity index is 2.18. The number of hydrogen-bond donors (Lipinski definition) is 1. The van der Waals surface area contributed by atoms with Crippen molar-refractivity contribution in [3.05, 3.63) is 63.6 Å². The fraction of sp³-hybridized carbons (Fsp3) is 0.176. The van der Waals surface area contributed by atoms with Gasteiger partial charge < -0.3 is 5.11 Å². The summed E-state index contributed by atoms with van der Waals surface area (Å²) < 4.78 is 27.4. The van der Waals surface area contributed by atoms with Gasteiger partial charge in [0.05, 0.1) is 11.3 Å². The van der Waals surface area contributed by atoms with Gasteiger partial charge in [0, 0.05) is 17.4 Å². The highest BCUT2D eigenvalue weighted by molar-refractivity contribution is 7.10. The molecule has 0 bridgehead atoms. The Kier molecular flexibility index (Phi) is 4.19. The van der Waals surface area contributed by atoms with Gasteiger partial charge in [-0.2, -0.15) is 0 Å². The molecule has 3 rings (SSSR count). The normalized spacial score (nSPS) is 17.7. The monoisotopic (exact) mass is 349 g/mol. The van der Waals surface area contributed by atoms with Gasteiger partial charge in [0.25, 0.3) is 5.91 Å². The van der Waals surface area contributed by atoms with Crippen LogP contribution >= 0.6 is 11.3 Å². The maximum atomic E-state index is 14.2. The van der Waals surface area contributed by atoms with E-state index in [-0.39, 0.29) is 17.7 Å². The zero-order valence-electron chi connectivity index (χ0n) is 12.6. The molecule has 0 radical (unpaired) electrons. The highest BCUT2D eigenvalue weighted by Crippen LogP contribution is 2.43. The quantitative estimate of drug-likeness (QED) is 0.911. The van der Waals surface area contributed by atoms with E-state index in [1.54, 1.807) is 24.4 Å². The fourth-order valence-electron chi connectivity index (χ4n) is 2.72. The van der Waals surface area contributed by atoms with Gasteiger partial charge in [-0.1, -0.05) is 13.0 Å². The van der Waals surface area contributed by atoms with Crippen LogP contribution in [-0.2, 0) is 9.59 Å². The second-order valence-corrected chi connectivity index (χ2v) is 6.21. The topological polar surface area (TPSA) is 57.6 Å². The summed E-state index contributed by atoms with van der Waals surface area (Å²) >= 11 is 1.28. The fourth-order valence-corrected chi connectivity index (χ4v) is 3.55. The number of Topliss-reactive ketones (excluding diaryl/α,β-unsaturated/α-hetero) is 1. The van der Waals surface area contributed by atoms with E-state index in [2.05, 4.69) is 0 Å². The molecule has 0 aliphatic carbocycles. The van der Waals surface area contributed by atoms with Crippen molar-refractivity contribution in [1.82, 2.24) is 0 Å². The van der Waals surface area contributed by atoms with Crippen molar-refractivity contribution in [3.63, 3.8) is 0 Å². The summed E-state index contributed by atoms with van der Waals surface area (Å²) in [6.07, 6.45) is 0.0916. The Bertz CT molecular complexity index is 846. The van der Waals surface area contributed by atoms with Gasteiger partial charge in [0.1, 0.15) is 17.7 Å². The average Bonchev–Trinajstić information content (AvgIpc) is 3.15. The highest BCUT2D eigenvalue weighted by Gasteiger charge is 2.45. The lowest BCUT2D eigenvalue weighted by Crippen LogP contribution is -2.31. The van der Waals surface area contributed by atoms with Crippen LogP contribution < -0.4 is 4.90 Å². The van der Waals surface area contributed by atoms with E-state index >= 15 is 0 Å². The Morgan fingerprint density at radius 3 is 2.67 bits per heavy atom. The highest BCUT2D eigenvalue weighted by atomic mass is 32.1. The number of anilines is 1. The molecule has 4 nitrogen and oxygen atoms in total. The molecule has 0 fully saturated rings. The zero-order valence-corrected chi connectivity index (χ0v) is 13.4. The van der Waals surface area contributed by atoms with E-state index < -0.39 is 35.1 Å². The maximum absolute atomic E-state index is 14.2. The van der Waals surface area contributed by atoms with Gasteiger partial charge in [-0.05, 0) is 23.6 Å². The van der Waals surface area contributed by atoms with Crippen LogP contribution in [-0.4, -0.2) is 16.8 Å². The van der Waals surface area contributed by atoms with Gasteiger partial charge in [0.2, 0.25) is 0 Å².